The fraction of sp³-hybridized carbons (Fsp3) is 0.579. The number of rotatable bonds is 6. The van der Waals surface area contributed by atoms with Crippen LogP contribution in [-0.4, -0.2) is 82.8 Å². The molecule has 1 aliphatic heterocycles. The summed E-state index contributed by atoms with van der Waals surface area (Å²) in [5, 5.41) is 2.62. The number of fused-ring (bicyclic) bond motifs is 1. The van der Waals surface area contributed by atoms with Crippen molar-refractivity contribution in [2.45, 2.75) is 24.2 Å². The molecule has 0 radical (unpaired) electrons. The van der Waals surface area contributed by atoms with Crippen LogP contribution in [0.15, 0.2) is 23.1 Å². The minimum absolute atomic E-state index is 0.0159. The molecule has 0 atom stereocenters. The number of carbonyl (C=O) groups is 2. The standard InChI is InChI=1S/C19H28N4O4S/c1-21(2)19(25)13-20-18(24)14-22-8-10-23(11-9-22)28(26,27)17-7-6-15-4-3-5-16(15)12-17/h6-7,12H,3-5,8-11,13-14H2,1-2H3,(H,20,24)/p+1. The monoisotopic (exact) mass is 409 g/mol. The maximum atomic E-state index is 13.0. The summed E-state index contributed by atoms with van der Waals surface area (Å²) in [5.41, 5.74) is 2.40. The summed E-state index contributed by atoms with van der Waals surface area (Å²) < 4.78 is 27.4. The number of amides is 2. The third-order valence-corrected chi connectivity index (χ3v) is 7.38. The number of sulfonamides is 1. The molecule has 2 aliphatic rings. The number of nitrogens with zero attached hydrogens (tertiary/aromatic N) is 2. The van der Waals surface area contributed by atoms with Crippen LogP contribution in [0.5, 0.6) is 0 Å². The molecular formula is C19H29N4O4S+. The van der Waals surface area contributed by atoms with Gasteiger partial charge in [0.25, 0.3) is 5.91 Å². The summed E-state index contributed by atoms with van der Waals surface area (Å²) in [6, 6.07) is 5.48. The summed E-state index contributed by atoms with van der Waals surface area (Å²) >= 11 is 0. The van der Waals surface area contributed by atoms with Crippen molar-refractivity contribution in [3.63, 3.8) is 0 Å². The molecule has 2 amide bonds. The molecule has 28 heavy (non-hydrogen) atoms. The van der Waals surface area contributed by atoms with Gasteiger partial charge in [-0.3, -0.25) is 9.59 Å². The molecule has 0 aromatic heterocycles. The second-order valence-corrected chi connectivity index (χ2v) is 9.62. The molecule has 0 saturated carbocycles. The van der Waals surface area contributed by atoms with Crippen LogP contribution in [0.25, 0.3) is 0 Å². The Morgan fingerprint density at radius 3 is 2.50 bits per heavy atom. The third-order valence-electron chi connectivity index (χ3n) is 5.48. The Kier molecular flexibility index (Phi) is 6.36. The Hall–Kier alpha value is -1.97. The van der Waals surface area contributed by atoms with Gasteiger partial charge in [0.2, 0.25) is 15.9 Å². The molecule has 1 aliphatic carbocycles. The summed E-state index contributed by atoms with van der Waals surface area (Å²) in [6.45, 7) is 2.14. The number of aryl methyl sites for hydroxylation is 2. The molecule has 0 bridgehead atoms. The van der Waals surface area contributed by atoms with Crippen molar-refractivity contribution in [3.05, 3.63) is 29.3 Å². The third kappa shape index (κ3) is 4.71. The smallest absolute Gasteiger partial charge is 0.275 e. The van der Waals surface area contributed by atoms with Gasteiger partial charge in [-0.2, -0.15) is 4.31 Å². The van der Waals surface area contributed by atoms with Gasteiger partial charge < -0.3 is 15.1 Å². The van der Waals surface area contributed by atoms with E-state index in [-0.39, 0.29) is 24.9 Å². The van der Waals surface area contributed by atoms with Gasteiger partial charge >= 0.3 is 0 Å². The van der Waals surface area contributed by atoms with Crippen LogP contribution >= 0.6 is 0 Å². The molecule has 154 valence electrons. The number of benzene rings is 1. The molecule has 1 aromatic carbocycles. The molecule has 3 rings (SSSR count). The number of likely N-dealkylation sites (N-methyl/N-ethyl adjacent to an activating group) is 1. The van der Waals surface area contributed by atoms with E-state index in [0.717, 1.165) is 29.7 Å². The van der Waals surface area contributed by atoms with Crippen LogP contribution in [-0.2, 0) is 32.5 Å². The molecule has 8 nitrogen and oxygen atoms in total. The Morgan fingerprint density at radius 1 is 1.14 bits per heavy atom. The zero-order chi connectivity index (χ0) is 20.3. The van der Waals surface area contributed by atoms with Gasteiger partial charge in [-0.25, -0.2) is 8.42 Å². The van der Waals surface area contributed by atoms with Crippen LogP contribution in [0.4, 0.5) is 0 Å². The van der Waals surface area contributed by atoms with Crippen molar-refractivity contribution in [1.29, 1.82) is 0 Å². The number of carbonyl (C=O) groups excluding carboxylic acids is 2. The van der Waals surface area contributed by atoms with Gasteiger partial charge in [0.05, 0.1) is 37.6 Å². The lowest BCUT2D eigenvalue weighted by Crippen LogP contribution is -3.15. The largest absolute Gasteiger partial charge is 0.347 e. The van der Waals surface area contributed by atoms with Crippen molar-refractivity contribution in [3.8, 4) is 0 Å². The van der Waals surface area contributed by atoms with Crippen molar-refractivity contribution in [2.75, 3.05) is 53.4 Å². The molecule has 0 spiro atoms. The molecule has 9 heteroatoms. The van der Waals surface area contributed by atoms with E-state index in [1.165, 1.54) is 14.8 Å². The van der Waals surface area contributed by atoms with Gasteiger partial charge in [0.1, 0.15) is 0 Å². The Labute approximate surface area is 166 Å². The molecule has 1 saturated heterocycles. The van der Waals surface area contributed by atoms with Crippen molar-refractivity contribution in [1.82, 2.24) is 14.5 Å². The maximum absolute atomic E-state index is 13.0. The lowest BCUT2D eigenvalue weighted by Gasteiger charge is -2.31. The molecule has 1 fully saturated rings. The predicted molar refractivity (Wildman–Crippen MR) is 104 cm³/mol. The van der Waals surface area contributed by atoms with Crippen molar-refractivity contribution < 1.29 is 22.9 Å². The Bertz CT molecular complexity index is 845. The second-order valence-electron chi connectivity index (χ2n) is 7.68. The van der Waals surface area contributed by atoms with Crippen LogP contribution < -0.4 is 10.2 Å². The number of piperazine rings is 1. The summed E-state index contributed by atoms with van der Waals surface area (Å²) in [4.78, 5) is 26.4. The highest BCUT2D eigenvalue weighted by molar-refractivity contribution is 7.89. The predicted octanol–water partition coefficient (Wildman–Crippen LogP) is -1.73. The van der Waals surface area contributed by atoms with Crippen LogP contribution in [0, 0.1) is 0 Å². The van der Waals surface area contributed by atoms with E-state index in [1.54, 1.807) is 20.2 Å². The minimum atomic E-state index is -3.50. The van der Waals surface area contributed by atoms with E-state index in [9.17, 15) is 18.0 Å². The number of nitrogens with one attached hydrogen (secondary N) is 2. The second kappa shape index (κ2) is 8.59. The normalized spacial score (nSPS) is 17.9. The number of hydrogen-bond donors (Lipinski definition) is 2. The van der Waals surface area contributed by atoms with Crippen molar-refractivity contribution in [2.24, 2.45) is 0 Å². The zero-order valence-electron chi connectivity index (χ0n) is 16.5. The molecule has 0 unspecified atom stereocenters. The average Bonchev–Trinajstić information content (AvgIpc) is 3.14. The summed E-state index contributed by atoms with van der Waals surface area (Å²) in [5.74, 6) is -0.353. The van der Waals surface area contributed by atoms with Gasteiger partial charge in [-0.15, -0.1) is 0 Å². The quantitative estimate of drug-likeness (QED) is 0.584. The molecule has 1 heterocycles. The Morgan fingerprint density at radius 2 is 1.82 bits per heavy atom. The summed E-state index contributed by atoms with van der Waals surface area (Å²) in [7, 11) is -0.219. The fourth-order valence-electron chi connectivity index (χ4n) is 3.70. The minimum Gasteiger partial charge on any atom is -0.347 e. The van der Waals surface area contributed by atoms with Gasteiger partial charge in [0, 0.05) is 14.1 Å². The lowest BCUT2D eigenvalue weighted by atomic mass is 10.1. The average molecular weight is 410 g/mol. The first kappa shape index (κ1) is 20.8. The van der Waals surface area contributed by atoms with Crippen LogP contribution in [0.2, 0.25) is 0 Å². The molecule has 2 N–H and O–H groups in total. The molecular weight excluding hydrogens is 380 g/mol. The topological polar surface area (TPSA) is 91.2 Å². The van der Waals surface area contributed by atoms with Crippen LogP contribution in [0.3, 0.4) is 0 Å². The van der Waals surface area contributed by atoms with Crippen molar-refractivity contribution >= 4 is 21.8 Å². The van der Waals surface area contributed by atoms with E-state index in [1.807, 2.05) is 12.1 Å². The highest BCUT2D eigenvalue weighted by Gasteiger charge is 2.31. The van der Waals surface area contributed by atoms with E-state index >= 15 is 0 Å². The highest BCUT2D eigenvalue weighted by atomic mass is 32.2. The maximum Gasteiger partial charge on any atom is 0.275 e. The number of hydrogen-bond acceptors (Lipinski definition) is 4. The molecule has 1 aromatic rings. The van der Waals surface area contributed by atoms with Gasteiger partial charge in [-0.1, -0.05) is 6.07 Å². The first-order chi connectivity index (χ1) is 13.3. The first-order valence-electron chi connectivity index (χ1n) is 9.70. The van der Waals surface area contributed by atoms with Gasteiger partial charge in [0.15, 0.2) is 6.54 Å². The Balaban J connectivity index is 1.52. The van der Waals surface area contributed by atoms with Gasteiger partial charge in [-0.05, 0) is 42.5 Å². The van der Waals surface area contributed by atoms with E-state index in [2.05, 4.69) is 5.32 Å². The zero-order valence-corrected chi connectivity index (χ0v) is 17.3. The lowest BCUT2D eigenvalue weighted by molar-refractivity contribution is -0.895. The van der Waals surface area contributed by atoms with Crippen LogP contribution in [0.1, 0.15) is 17.5 Å². The summed E-state index contributed by atoms with van der Waals surface area (Å²) in [6.07, 6.45) is 3.06. The van der Waals surface area contributed by atoms with E-state index in [0.29, 0.717) is 31.1 Å². The first-order valence-corrected chi connectivity index (χ1v) is 11.1. The van der Waals surface area contributed by atoms with E-state index < -0.39 is 10.0 Å². The SMILES string of the molecule is CN(C)C(=O)CNC(=O)C[NH+]1CCN(S(=O)(=O)c2ccc3c(c2)CCC3)CC1. The fourth-order valence-corrected chi connectivity index (χ4v) is 5.19. The highest BCUT2D eigenvalue weighted by Crippen LogP contribution is 2.26. The number of quaternary nitrogens is 1. The van der Waals surface area contributed by atoms with E-state index in [4.69, 9.17) is 0 Å².